The van der Waals surface area contributed by atoms with Crippen molar-refractivity contribution >= 4 is 5.84 Å². The zero-order chi connectivity index (χ0) is 11.8. The fourth-order valence-corrected chi connectivity index (χ4v) is 1.36. The first-order valence-electron chi connectivity index (χ1n) is 5.67. The molecular formula is C12H19N3O. The monoisotopic (exact) mass is 221 g/mol. The number of amidine groups is 1. The molecule has 0 saturated carbocycles. The molecule has 1 heterocycles. The zero-order valence-corrected chi connectivity index (χ0v) is 9.70. The van der Waals surface area contributed by atoms with Gasteiger partial charge in [-0.05, 0) is 12.5 Å². The lowest BCUT2D eigenvalue weighted by molar-refractivity contribution is 0.294. The van der Waals surface area contributed by atoms with Crippen molar-refractivity contribution in [1.82, 2.24) is 4.98 Å². The average molecular weight is 221 g/mol. The van der Waals surface area contributed by atoms with Crippen molar-refractivity contribution in [3.05, 3.63) is 23.9 Å². The number of pyridine rings is 1. The predicted molar refractivity (Wildman–Crippen MR) is 64.9 cm³/mol. The van der Waals surface area contributed by atoms with Crippen LogP contribution in [0.15, 0.2) is 18.3 Å². The van der Waals surface area contributed by atoms with Crippen molar-refractivity contribution in [2.24, 2.45) is 5.73 Å². The summed E-state index contributed by atoms with van der Waals surface area (Å²) >= 11 is 0. The van der Waals surface area contributed by atoms with Crippen LogP contribution in [0.1, 0.15) is 38.2 Å². The Kier molecular flexibility index (Phi) is 5.32. The maximum atomic E-state index is 7.29. The SMILES string of the molecule is CCCCCCOc1cc(C(=N)N)ccn1. The molecule has 0 spiro atoms. The maximum absolute atomic E-state index is 7.29. The van der Waals surface area contributed by atoms with Gasteiger partial charge in [0.2, 0.25) is 5.88 Å². The normalized spacial score (nSPS) is 10.1. The first-order valence-corrected chi connectivity index (χ1v) is 5.67. The van der Waals surface area contributed by atoms with E-state index < -0.39 is 0 Å². The van der Waals surface area contributed by atoms with Gasteiger partial charge in [0.25, 0.3) is 0 Å². The lowest BCUT2D eigenvalue weighted by Gasteiger charge is -2.05. The number of hydrogen-bond acceptors (Lipinski definition) is 3. The molecule has 4 nitrogen and oxygen atoms in total. The van der Waals surface area contributed by atoms with Crippen LogP contribution in [0, 0.1) is 5.41 Å². The Bertz CT molecular complexity index is 339. The van der Waals surface area contributed by atoms with Crippen LogP contribution < -0.4 is 10.5 Å². The van der Waals surface area contributed by atoms with Gasteiger partial charge in [-0.2, -0.15) is 0 Å². The van der Waals surface area contributed by atoms with Crippen LogP contribution in [0.5, 0.6) is 5.88 Å². The molecule has 0 atom stereocenters. The number of nitrogen functional groups attached to an aromatic ring is 1. The molecule has 1 aromatic heterocycles. The second kappa shape index (κ2) is 6.82. The van der Waals surface area contributed by atoms with E-state index >= 15 is 0 Å². The third-order valence-corrected chi connectivity index (χ3v) is 2.29. The van der Waals surface area contributed by atoms with Crippen LogP contribution in [0.2, 0.25) is 0 Å². The highest BCUT2D eigenvalue weighted by Crippen LogP contribution is 2.09. The van der Waals surface area contributed by atoms with E-state index in [0.717, 1.165) is 6.42 Å². The van der Waals surface area contributed by atoms with Gasteiger partial charge in [-0.3, -0.25) is 5.41 Å². The van der Waals surface area contributed by atoms with Crippen molar-refractivity contribution in [2.75, 3.05) is 6.61 Å². The lowest BCUT2D eigenvalue weighted by Crippen LogP contribution is -2.11. The summed E-state index contributed by atoms with van der Waals surface area (Å²) in [5, 5.41) is 7.29. The van der Waals surface area contributed by atoms with E-state index in [1.165, 1.54) is 19.3 Å². The van der Waals surface area contributed by atoms with Crippen LogP contribution >= 0.6 is 0 Å². The Morgan fingerprint density at radius 1 is 1.44 bits per heavy atom. The summed E-state index contributed by atoms with van der Waals surface area (Å²) in [6.07, 6.45) is 6.29. The van der Waals surface area contributed by atoms with Crippen molar-refractivity contribution < 1.29 is 4.74 Å². The standard InChI is InChI=1S/C12H19N3O/c1-2-3-4-5-8-16-11-9-10(12(13)14)6-7-15-11/h6-7,9H,2-5,8H2,1H3,(H3,13,14). The fourth-order valence-electron chi connectivity index (χ4n) is 1.36. The van der Waals surface area contributed by atoms with Gasteiger partial charge >= 0.3 is 0 Å². The summed E-state index contributed by atoms with van der Waals surface area (Å²) in [7, 11) is 0. The molecule has 0 aromatic carbocycles. The molecule has 0 unspecified atom stereocenters. The number of unbranched alkanes of at least 4 members (excludes halogenated alkanes) is 3. The molecule has 0 saturated heterocycles. The number of hydrogen-bond donors (Lipinski definition) is 2. The molecule has 1 rings (SSSR count). The molecule has 1 aromatic rings. The topological polar surface area (TPSA) is 72.0 Å². The smallest absolute Gasteiger partial charge is 0.213 e. The molecule has 4 heteroatoms. The Morgan fingerprint density at radius 3 is 2.94 bits per heavy atom. The lowest BCUT2D eigenvalue weighted by atomic mass is 10.2. The third kappa shape index (κ3) is 4.29. The van der Waals surface area contributed by atoms with Crippen molar-refractivity contribution in [3.63, 3.8) is 0 Å². The average Bonchev–Trinajstić information content (AvgIpc) is 2.29. The van der Waals surface area contributed by atoms with Crippen molar-refractivity contribution in [1.29, 1.82) is 5.41 Å². The maximum Gasteiger partial charge on any atom is 0.213 e. The second-order valence-electron chi connectivity index (χ2n) is 3.71. The van der Waals surface area contributed by atoms with Crippen LogP contribution in [0.3, 0.4) is 0 Å². The summed E-state index contributed by atoms with van der Waals surface area (Å²) < 4.78 is 5.48. The first-order chi connectivity index (χ1) is 7.74. The minimum absolute atomic E-state index is 0.0400. The number of aromatic nitrogens is 1. The third-order valence-electron chi connectivity index (χ3n) is 2.29. The van der Waals surface area contributed by atoms with E-state index in [2.05, 4.69) is 11.9 Å². The Labute approximate surface area is 96.3 Å². The molecule has 0 aliphatic carbocycles. The van der Waals surface area contributed by atoms with Gasteiger partial charge in [0.1, 0.15) is 5.84 Å². The second-order valence-corrected chi connectivity index (χ2v) is 3.71. The van der Waals surface area contributed by atoms with E-state index in [9.17, 15) is 0 Å². The first kappa shape index (κ1) is 12.5. The highest BCUT2D eigenvalue weighted by atomic mass is 16.5. The fraction of sp³-hybridized carbons (Fsp3) is 0.500. The molecule has 88 valence electrons. The largest absolute Gasteiger partial charge is 0.478 e. The molecular weight excluding hydrogens is 202 g/mol. The number of rotatable bonds is 7. The minimum atomic E-state index is 0.0400. The molecule has 0 aliphatic rings. The van der Waals surface area contributed by atoms with E-state index in [1.807, 2.05) is 0 Å². The van der Waals surface area contributed by atoms with Crippen LogP contribution in [-0.2, 0) is 0 Å². The van der Waals surface area contributed by atoms with Crippen LogP contribution in [-0.4, -0.2) is 17.4 Å². The van der Waals surface area contributed by atoms with Gasteiger partial charge in [-0.15, -0.1) is 0 Å². The number of ether oxygens (including phenoxy) is 1. The quantitative estimate of drug-likeness (QED) is 0.421. The Morgan fingerprint density at radius 2 is 2.25 bits per heavy atom. The number of nitrogens with two attached hydrogens (primary N) is 1. The molecule has 0 amide bonds. The van der Waals surface area contributed by atoms with Crippen LogP contribution in [0.25, 0.3) is 0 Å². The predicted octanol–water partition coefficient (Wildman–Crippen LogP) is 2.32. The highest BCUT2D eigenvalue weighted by Gasteiger charge is 2.00. The Balaban J connectivity index is 2.36. The molecule has 3 N–H and O–H groups in total. The molecule has 16 heavy (non-hydrogen) atoms. The molecule has 0 radical (unpaired) electrons. The summed E-state index contributed by atoms with van der Waals surface area (Å²) in [5.74, 6) is 0.586. The number of nitrogens with one attached hydrogen (secondary N) is 1. The van der Waals surface area contributed by atoms with Crippen molar-refractivity contribution in [2.45, 2.75) is 32.6 Å². The minimum Gasteiger partial charge on any atom is -0.478 e. The summed E-state index contributed by atoms with van der Waals surface area (Å²) in [5.41, 5.74) is 6.03. The van der Waals surface area contributed by atoms with Gasteiger partial charge in [-0.25, -0.2) is 4.98 Å². The van der Waals surface area contributed by atoms with E-state index in [4.69, 9.17) is 15.9 Å². The van der Waals surface area contributed by atoms with Gasteiger partial charge in [0.05, 0.1) is 6.61 Å². The van der Waals surface area contributed by atoms with E-state index in [1.54, 1.807) is 18.3 Å². The van der Waals surface area contributed by atoms with Gasteiger partial charge < -0.3 is 10.5 Å². The summed E-state index contributed by atoms with van der Waals surface area (Å²) in [6, 6.07) is 3.40. The van der Waals surface area contributed by atoms with Gasteiger partial charge in [0, 0.05) is 17.8 Å². The van der Waals surface area contributed by atoms with Crippen molar-refractivity contribution in [3.8, 4) is 5.88 Å². The zero-order valence-electron chi connectivity index (χ0n) is 9.70. The molecule has 0 bridgehead atoms. The molecule has 0 aliphatic heterocycles. The summed E-state index contributed by atoms with van der Waals surface area (Å²) in [6.45, 7) is 2.85. The highest BCUT2D eigenvalue weighted by molar-refractivity contribution is 5.95. The van der Waals surface area contributed by atoms with Crippen LogP contribution in [0.4, 0.5) is 0 Å². The van der Waals surface area contributed by atoms with E-state index in [-0.39, 0.29) is 5.84 Å². The number of nitrogens with zero attached hydrogens (tertiary/aromatic N) is 1. The Hall–Kier alpha value is -1.58. The van der Waals surface area contributed by atoms with Gasteiger partial charge in [-0.1, -0.05) is 26.2 Å². The van der Waals surface area contributed by atoms with E-state index in [0.29, 0.717) is 18.1 Å². The van der Waals surface area contributed by atoms with Gasteiger partial charge in [0.15, 0.2) is 0 Å². The molecule has 0 fully saturated rings. The summed E-state index contributed by atoms with van der Waals surface area (Å²) in [4.78, 5) is 4.07.